The number of amides is 2. The third-order valence-corrected chi connectivity index (χ3v) is 5.56. The van der Waals surface area contributed by atoms with Crippen molar-refractivity contribution in [2.24, 2.45) is 0 Å². The van der Waals surface area contributed by atoms with Gasteiger partial charge in [-0.15, -0.1) is 0 Å². The van der Waals surface area contributed by atoms with Crippen LogP contribution >= 0.6 is 0 Å². The lowest BCUT2D eigenvalue weighted by Gasteiger charge is -2.40. The van der Waals surface area contributed by atoms with E-state index in [0.29, 0.717) is 37.6 Å². The summed E-state index contributed by atoms with van der Waals surface area (Å²) in [5.41, 5.74) is 1.17. The summed E-state index contributed by atoms with van der Waals surface area (Å²) < 4.78 is 5.22. The third-order valence-electron chi connectivity index (χ3n) is 5.56. The summed E-state index contributed by atoms with van der Waals surface area (Å²) in [6.45, 7) is 10.3. The SMILES string of the molecule is C=CCOC(=O)c1c(C)nc(-c2ccccc2)nc1C(=O)N1CCN(C(=O)CCC)C(C)C1. The molecule has 174 valence electrons. The Kier molecular flexibility index (Phi) is 7.92. The van der Waals surface area contributed by atoms with Crippen LogP contribution in [0.1, 0.15) is 53.2 Å². The Morgan fingerprint density at radius 3 is 2.55 bits per heavy atom. The minimum Gasteiger partial charge on any atom is -0.458 e. The molecule has 1 aliphatic heterocycles. The fraction of sp³-hybridized carbons (Fsp3) is 0.400. The maximum absolute atomic E-state index is 13.6. The molecular formula is C25H30N4O4. The molecule has 0 aliphatic carbocycles. The first-order valence-corrected chi connectivity index (χ1v) is 11.2. The van der Waals surface area contributed by atoms with Gasteiger partial charge in [-0.1, -0.05) is 49.9 Å². The first-order chi connectivity index (χ1) is 15.9. The lowest BCUT2D eigenvalue weighted by molar-refractivity contribution is -0.135. The van der Waals surface area contributed by atoms with Gasteiger partial charge in [0.15, 0.2) is 5.82 Å². The zero-order valence-corrected chi connectivity index (χ0v) is 19.4. The lowest BCUT2D eigenvalue weighted by atomic mass is 10.1. The number of aromatic nitrogens is 2. The fourth-order valence-corrected chi connectivity index (χ4v) is 3.91. The first-order valence-electron chi connectivity index (χ1n) is 11.2. The van der Waals surface area contributed by atoms with Gasteiger partial charge in [0.1, 0.15) is 17.9 Å². The molecule has 0 saturated carbocycles. The molecule has 1 saturated heterocycles. The summed E-state index contributed by atoms with van der Waals surface area (Å²) in [5.74, 6) is -0.589. The van der Waals surface area contributed by atoms with Crippen molar-refractivity contribution < 1.29 is 19.1 Å². The maximum Gasteiger partial charge on any atom is 0.342 e. The Hall–Kier alpha value is -3.55. The van der Waals surface area contributed by atoms with Crippen molar-refractivity contribution in [2.45, 2.75) is 39.7 Å². The van der Waals surface area contributed by atoms with E-state index in [1.54, 1.807) is 11.8 Å². The predicted molar refractivity (Wildman–Crippen MR) is 125 cm³/mol. The van der Waals surface area contributed by atoms with Gasteiger partial charge in [0.25, 0.3) is 5.91 Å². The van der Waals surface area contributed by atoms with E-state index < -0.39 is 5.97 Å². The number of hydrogen-bond acceptors (Lipinski definition) is 6. The zero-order chi connectivity index (χ0) is 24.0. The van der Waals surface area contributed by atoms with Crippen LogP contribution in [0.25, 0.3) is 11.4 Å². The summed E-state index contributed by atoms with van der Waals surface area (Å²) in [6.07, 6.45) is 2.73. The van der Waals surface area contributed by atoms with Crippen molar-refractivity contribution in [3.63, 3.8) is 0 Å². The average Bonchev–Trinajstić information content (AvgIpc) is 2.82. The maximum atomic E-state index is 13.6. The highest BCUT2D eigenvalue weighted by Crippen LogP contribution is 2.22. The molecule has 0 bridgehead atoms. The van der Waals surface area contributed by atoms with Crippen molar-refractivity contribution in [2.75, 3.05) is 26.2 Å². The van der Waals surface area contributed by atoms with Crippen molar-refractivity contribution in [1.82, 2.24) is 19.8 Å². The molecule has 8 heteroatoms. The molecule has 2 aromatic rings. The molecule has 0 radical (unpaired) electrons. The Bertz CT molecular complexity index is 1040. The standard InChI is InChI=1S/C25H30N4O4/c1-5-10-20(30)29-14-13-28(16-17(29)3)24(31)22-21(25(32)33-15-6-2)18(4)26-23(27-22)19-11-8-7-9-12-19/h6-9,11-12,17H,2,5,10,13-16H2,1,3-4H3. The fourth-order valence-electron chi connectivity index (χ4n) is 3.91. The molecular weight excluding hydrogens is 420 g/mol. The van der Waals surface area contributed by atoms with E-state index in [9.17, 15) is 14.4 Å². The number of aryl methyl sites for hydroxylation is 1. The number of hydrogen-bond donors (Lipinski definition) is 0. The van der Waals surface area contributed by atoms with Crippen LogP contribution in [-0.4, -0.2) is 69.8 Å². The molecule has 1 unspecified atom stereocenters. The predicted octanol–water partition coefficient (Wildman–Crippen LogP) is 3.27. The van der Waals surface area contributed by atoms with Gasteiger partial charge in [0.05, 0.1) is 5.69 Å². The summed E-state index contributed by atoms with van der Waals surface area (Å²) in [7, 11) is 0. The highest BCUT2D eigenvalue weighted by atomic mass is 16.5. The van der Waals surface area contributed by atoms with Gasteiger partial charge < -0.3 is 14.5 Å². The molecule has 8 nitrogen and oxygen atoms in total. The molecule has 33 heavy (non-hydrogen) atoms. The molecule has 0 spiro atoms. The van der Waals surface area contributed by atoms with Crippen LogP contribution in [0.5, 0.6) is 0 Å². The zero-order valence-electron chi connectivity index (χ0n) is 19.4. The van der Waals surface area contributed by atoms with Gasteiger partial charge in [0, 0.05) is 37.7 Å². The topological polar surface area (TPSA) is 92.7 Å². The van der Waals surface area contributed by atoms with Gasteiger partial charge in [-0.25, -0.2) is 14.8 Å². The van der Waals surface area contributed by atoms with Crippen molar-refractivity contribution in [1.29, 1.82) is 0 Å². The minimum atomic E-state index is -0.667. The number of rotatable bonds is 7. The first kappa shape index (κ1) is 24.1. The number of nitrogens with zero attached hydrogens (tertiary/aromatic N) is 4. The molecule has 2 amide bonds. The number of piperazine rings is 1. The van der Waals surface area contributed by atoms with Crippen LogP contribution < -0.4 is 0 Å². The summed E-state index contributed by atoms with van der Waals surface area (Å²) in [4.78, 5) is 51.2. The van der Waals surface area contributed by atoms with E-state index in [2.05, 4.69) is 16.5 Å². The highest BCUT2D eigenvalue weighted by molar-refractivity contribution is 6.05. The molecule has 1 aromatic carbocycles. The van der Waals surface area contributed by atoms with Crippen LogP contribution in [0.2, 0.25) is 0 Å². The van der Waals surface area contributed by atoms with Crippen LogP contribution in [0, 0.1) is 6.92 Å². The van der Waals surface area contributed by atoms with Gasteiger partial charge in [-0.05, 0) is 20.3 Å². The smallest absolute Gasteiger partial charge is 0.342 e. The van der Waals surface area contributed by atoms with Crippen molar-refractivity contribution in [3.8, 4) is 11.4 Å². The van der Waals surface area contributed by atoms with Gasteiger partial charge in [-0.3, -0.25) is 9.59 Å². The quantitative estimate of drug-likeness (QED) is 0.475. The number of carbonyl (C=O) groups excluding carboxylic acids is 3. The van der Waals surface area contributed by atoms with Gasteiger partial charge in [-0.2, -0.15) is 0 Å². The molecule has 1 atom stereocenters. The van der Waals surface area contributed by atoms with Crippen LogP contribution in [0.3, 0.4) is 0 Å². The molecule has 0 N–H and O–H groups in total. The number of ether oxygens (including phenoxy) is 1. The number of carbonyl (C=O) groups is 3. The van der Waals surface area contributed by atoms with E-state index in [1.807, 2.05) is 49.1 Å². The van der Waals surface area contributed by atoms with Gasteiger partial charge in [0.2, 0.25) is 5.91 Å². The van der Waals surface area contributed by atoms with E-state index in [-0.39, 0.29) is 35.7 Å². The van der Waals surface area contributed by atoms with E-state index in [1.165, 1.54) is 6.08 Å². The summed E-state index contributed by atoms with van der Waals surface area (Å²) in [5, 5.41) is 0. The molecule has 1 fully saturated rings. The Labute approximate surface area is 194 Å². The molecule has 3 rings (SSSR count). The average molecular weight is 451 g/mol. The number of benzene rings is 1. The molecule has 2 heterocycles. The van der Waals surface area contributed by atoms with Crippen molar-refractivity contribution in [3.05, 3.63) is 59.9 Å². The highest BCUT2D eigenvalue weighted by Gasteiger charge is 2.33. The largest absolute Gasteiger partial charge is 0.458 e. The van der Waals surface area contributed by atoms with Crippen LogP contribution in [-0.2, 0) is 9.53 Å². The second-order valence-electron chi connectivity index (χ2n) is 8.05. The van der Waals surface area contributed by atoms with Crippen LogP contribution in [0.15, 0.2) is 43.0 Å². The normalized spacial score (nSPS) is 15.8. The Morgan fingerprint density at radius 1 is 1.18 bits per heavy atom. The third kappa shape index (κ3) is 5.45. The second kappa shape index (κ2) is 10.8. The summed E-state index contributed by atoms with van der Waals surface area (Å²) in [6, 6.07) is 9.16. The monoisotopic (exact) mass is 450 g/mol. The van der Waals surface area contributed by atoms with E-state index in [0.717, 1.165) is 12.0 Å². The minimum absolute atomic E-state index is 0.0101. The Morgan fingerprint density at radius 2 is 1.91 bits per heavy atom. The van der Waals surface area contributed by atoms with Gasteiger partial charge >= 0.3 is 5.97 Å². The molecule has 1 aromatic heterocycles. The number of esters is 1. The summed E-state index contributed by atoms with van der Waals surface area (Å²) >= 11 is 0. The van der Waals surface area contributed by atoms with E-state index in [4.69, 9.17) is 4.74 Å². The molecule has 1 aliphatic rings. The van der Waals surface area contributed by atoms with Crippen molar-refractivity contribution >= 4 is 17.8 Å². The Balaban J connectivity index is 1.96. The van der Waals surface area contributed by atoms with E-state index >= 15 is 0 Å². The lowest BCUT2D eigenvalue weighted by Crippen LogP contribution is -2.55. The van der Waals surface area contributed by atoms with Crippen LogP contribution in [0.4, 0.5) is 0 Å². The second-order valence-corrected chi connectivity index (χ2v) is 8.05.